The Bertz CT molecular complexity index is 687. The predicted molar refractivity (Wildman–Crippen MR) is 93.9 cm³/mol. The normalized spacial score (nSPS) is 17.9. The van der Waals surface area contributed by atoms with E-state index < -0.39 is 0 Å². The van der Waals surface area contributed by atoms with Crippen molar-refractivity contribution in [3.05, 3.63) is 41.1 Å². The predicted octanol–water partition coefficient (Wildman–Crippen LogP) is 2.74. The van der Waals surface area contributed by atoms with Crippen LogP contribution < -0.4 is 10.2 Å². The van der Waals surface area contributed by atoms with Crippen molar-refractivity contribution in [2.24, 2.45) is 0 Å². The van der Waals surface area contributed by atoms with Crippen LogP contribution in [0.25, 0.3) is 11.4 Å². The first-order chi connectivity index (χ1) is 11.3. The lowest BCUT2D eigenvalue weighted by atomic mass is 9.95. The Morgan fingerprint density at radius 1 is 0.957 bits per heavy atom. The second-order valence-electron chi connectivity index (χ2n) is 6.61. The Morgan fingerprint density at radius 3 is 2.48 bits per heavy atom. The molecule has 4 heteroatoms. The first-order valence-electron chi connectivity index (χ1n) is 8.74. The summed E-state index contributed by atoms with van der Waals surface area (Å²) < 4.78 is 0. The van der Waals surface area contributed by atoms with Gasteiger partial charge in [0.15, 0.2) is 5.82 Å². The number of hydrogen-bond acceptors (Lipinski definition) is 4. The number of nitrogens with zero attached hydrogens (tertiary/aromatic N) is 3. The van der Waals surface area contributed by atoms with Crippen LogP contribution in [0.4, 0.5) is 5.82 Å². The van der Waals surface area contributed by atoms with E-state index in [9.17, 15) is 0 Å². The maximum Gasteiger partial charge on any atom is 0.161 e. The van der Waals surface area contributed by atoms with Gasteiger partial charge < -0.3 is 10.2 Å². The van der Waals surface area contributed by atoms with Gasteiger partial charge in [-0.05, 0) is 32.6 Å². The second-order valence-corrected chi connectivity index (χ2v) is 6.61. The number of piperazine rings is 1. The summed E-state index contributed by atoms with van der Waals surface area (Å²) in [6.45, 7) is 6.27. The van der Waals surface area contributed by atoms with Crippen LogP contribution in [0.15, 0.2) is 24.3 Å². The van der Waals surface area contributed by atoms with Gasteiger partial charge in [0, 0.05) is 43.0 Å². The van der Waals surface area contributed by atoms with E-state index in [0.29, 0.717) is 0 Å². The quantitative estimate of drug-likeness (QED) is 0.926. The highest BCUT2D eigenvalue weighted by atomic mass is 15.2. The van der Waals surface area contributed by atoms with Crippen molar-refractivity contribution >= 4 is 5.82 Å². The standard InChI is InChI=1S/C19H24N4/c1-14-6-8-15(9-7-14)18-21-17-5-3-2-4-16(17)19(22-18)23-12-10-20-11-13-23/h6-9,20H,2-5,10-13H2,1H3. The summed E-state index contributed by atoms with van der Waals surface area (Å²) in [7, 11) is 0. The molecule has 4 nitrogen and oxygen atoms in total. The fourth-order valence-electron chi connectivity index (χ4n) is 3.54. The molecule has 1 saturated heterocycles. The Kier molecular flexibility index (Phi) is 4.00. The Hall–Kier alpha value is -1.94. The summed E-state index contributed by atoms with van der Waals surface area (Å²) in [6, 6.07) is 8.56. The van der Waals surface area contributed by atoms with Crippen LogP contribution in [-0.2, 0) is 12.8 Å². The molecule has 1 aliphatic carbocycles. The SMILES string of the molecule is Cc1ccc(-c2nc3c(c(N4CCNCC4)n2)CCCC3)cc1. The zero-order valence-corrected chi connectivity index (χ0v) is 13.8. The molecule has 0 spiro atoms. The average molecular weight is 308 g/mol. The van der Waals surface area contributed by atoms with Gasteiger partial charge in [0.2, 0.25) is 0 Å². The molecule has 4 rings (SSSR count). The van der Waals surface area contributed by atoms with Crippen LogP contribution in [-0.4, -0.2) is 36.1 Å². The first kappa shape index (κ1) is 14.6. The average Bonchev–Trinajstić information content (AvgIpc) is 2.62. The van der Waals surface area contributed by atoms with Gasteiger partial charge in [-0.1, -0.05) is 29.8 Å². The highest BCUT2D eigenvalue weighted by Gasteiger charge is 2.23. The molecule has 2 aromatic rings. The monoisotopic (exact) mass is 308 g/mol. The zero-order valence-electron chi connectivity index (χ0n) is 13.8. The molecule has 2 heterocycles. The van der Waals surface area contributed by atoms with Gasteiger partial charge in [0.25, 0.3) is 0 Å². The molecular weight excluding hydrogens is 284 g/mol. The Labute approximate surface area is 138 Å². The van der Waals surface area contributed by atoms with Crippen LogP contribution in [0.2, 0.25) is 0 Å². The van der Waals surface area contributed by atoms with Crippen molar-refractivity contribution in [1.82, 2.24) is 15.3 Å². The van der Waals surface area contributed by atoms with Gasteiger partial charge in [-0.25, -0.2) is 9.97 Å². The fraction of sp³-hybridized carbons (Fsp3) is 0.474. The molecule has 2 aliphatic rings. The van der Waals surface area contributed by atoms with E-state index in [0.717, 1.165) is 50.4 Å². The van der Waals surface area contributed by atoms with E-state index in [1.165, 1.54) is 35.5 Å². The molecule has 1 aromatic carbocycles. The fourth-order valence-corrected chi connectivity index (χ4v) is 3.54. The number of hydrogen-bond donors (Lipinski definition) is 1. The van der Waals surface area contributed by atoms with Crippen molar-refractivity contribution in [3.8, 4) is 11.4 Å². The summed E-state index contributed by atoms with van der Waals surface area (Å²) in [5.41, 5.74) is 5.07. The molecule has 23 heavy (non-hydrogen) atoms. The minimum atomic E-state index is 0.888. The lowest BCUT2D eigenvalue weighted by molar-refractivity contribution is 0.577. The third-order valence-electron chi connectivity index (χ3n) is 4.89. The number of fused-ring (bicyclic) bond motifs is 1. The number of aryl methyl sites for hydroxylation is 2. The molecule has 1 fully saturated rings. The van der Waals surface area contributed by atoms with Crippen LogP contribution in [0.1, 0.15) is 29.7 Å². The second kappa shape index (κ2) is 6.28. The third kappa shape index (κ3) is 2.95. The van der Waals surface area contributed by atoms with E-state index >= 15 is 0 Å². The summed E-state index contributed by atoms with van der Waals surface area (Å²) >= 11 is 0. The van der Waals surface area contributed by atoms with Crippen molar-refractivity contribution in [1.29, 1.82) is 0 Å². The van der Waals surface area contributed by atoms with E-state index in [4.69, 9.17) is 9.97 Å². The number of benzene rings is 1. The smallest absolute Gasteiger partial charge is 0.161 e. The molecule has 1 aromatic heterocycles. The summed E-state index contributed by atoms with van der Waals surface area (Å²) in [5.74, 6) is 2.07. The van der Waals surface area contributed by atoms with Gasteiger partial charge >= 0.3 is 0 Å². The first-order valence-corrected chi connectivity index (χ1v) is 8.74. The number of anilines is 1. The minimum absolute atomic E-state index is 0.888. The maximum atomic E-state index is 5.00. The molecule has 0 saturated carbocycles. The third-order valence-corrected chi connectivity index (χ3v) is 4.89. The molecule has 120 valence electrons. The summed E-state index contributed by atoms with van der Waals surface area (Å²) in [6.07, 6.45) is 4.73. The maximum absolute atomic E-state index is 5.00. The summed E-state index contributed by atoms with van der Waals surface area (Å²) in [4.78, 5) is 12.4. The molecule has 0 amide bonds. The molecule has 0 atom stereocenters. The molecule has 1 N–H and O–H groups in total. The minimum Gasteiger partial charge on any atom is -0.354 e. The van der Waals surface area contributed by atoms with Gasteiger partial charge in [0.05, 0.1) is 0 Å². The number of rotatable bonds is 2. The van der Waals surface area contributed by atoms with E-state index in [-0.39, 0.29) is 0 Å². The van der Waals surface area contributed by atoms with Crippen LogP contribution >= 0.6 is 0 Å². The van der Waals surface area contributed by atoms with Crippen LogP contribution in [0.5, 0.6) is 0 Å². The van der Waals surface area contributed by atoms with Gasteiger partial charge in [-0.3, -0.25) is 0 Å². The molecule has 1 aliphatic heterocycles. The topological polar surface area (TPSA) is 41.1 Å². The van der Waals surface area contributed by atoms with E-state index in [1.54, 1.807) is 0 Å². The van der Waals surface area contributed by atoms with Crippen molar-refractivity contribution in [2.75, 3.05) is 31.1 Å². The van der Waals surface area contributed by atoms with E-state index in [2.05, 4.69) is 41.4 Å². The highest BCUT2D eigenvalue weighted by Crippen LogP contribution is 2.30. The van der Waals surface area contributed by atoms with Crippen molar-refractivity contribution in [2.45, 2.75) is 32.6 Å². The van der Waals surface area contributed by atoms with Gasteiger partial charge in [0.1, 0.15) is 5.82 Å². The largest absolute Gasteiger partial charge is 0.354 e. The molecular formula is C19H24N4. The Balaban J connectivity index is 1.79. The lowest BCUT2D eigenvalue weighted by Gasteiger charge is -2.32. The van der Waals surface area contributed by atoms with E-state index in [1.807, 2.05) is 0 Å². The van der Waals surface area contributed by atoms with Crippen molar-refractivity contribution in [3.63, 3.8) is 0 Å². The lowest BCUT2D eigenvalue weighted by Crippen LogP contribution is -2.44. The summed E-state index contributed by atoms with van der Waals surface area (Å²) in [5, 5.41) is 3.43. The van der Waals surface area contributed by atoms with Gasteiger partial charge in [-0.2, -0.15) is 0 Å². The van der Waals surface area contributed by atoms with Gasteiger partial charge in [-0.15, -0.1) is 0 Å². The Morgan fingerprint density at radius 2 is 1.70 bits per heavy atom. The highest BCUT2D eigenvalue weighted by molar-refractivity contribution is 5.61. The van der Waals surface area contributed by atoms with Crippen molar-refractivity contribution < 1.29 is 0 Å². The van der Waals surface area contributed by atoms with Crippen LogP contribution in [0.3, 0.4) is 0 Å². The molecule has 0 unspecified atom stereocenters. The molecule has 0 radical (unpaired) electrons. The van der Waals surface area contributed by atoms with Crippen LogP contribution in [0, 0.1) is 6.92 Å². The molecule has 0 bridgehead atoms. The zero-order chi connectivity index (χ0) is 15.6. The number of aromatic nitrogens is 2. The number of nitrogens with one attached hydrogen (secondary N) is 1.